The highest BCUT2D eigenvalue weighted by Gasteiger charge is 2.30. The van der Waals surface area contributed by atoms with E-state index in [4.69, 9.17) is 0 Å². The van der Waals surface area contributed by atoms with Gasteiger partial charge in [-0.3, -0.25) is 0 Å². The fourth-order valence-corrected chi connectivity index (χ4v) is 1.77. The van der Waals surface area contributed by atoms with Crippen molar-refractivity contribution in [3.63, 3.8) is 0 Å². The second kappa shape index (κ2) is 4.38. The van der Waals surface area contributed by atoms with Gasteiger partial charge in [0, 0.05) is 6.20 Å². The molecule has 0 N–H and O–H groups in total. The third-order valence-electron chi connectivity index (χ3n) is 2.50. The van der Waals surface area contributed by atoms with Crippen molar-refractivity contribution in [2.75, 3.05) is 0 Å². The Morgan fingerprint density at radius 3 is 2.28 bits per heavy atom. The molecular formula is C11H9BrF3N3. The molecule has 0 amide bonds. The van der Waals surface area contributed by atoms with Crippen molar-refractivity contribution in [2.24, 2.45) is 0 Å². The van der Waals surface area contributed by atoms with Crippen LogP contribution in [0.3, 0.4) is 0 Å². The van der Waals surface area contributed by atoms with Crippen LogP contribution in [0.5, 0.6) is 0 Å². The smallest absolute Gasteiger partial charge is 0.236 e. The molecular weight excluding hydrogens is 311 g/mol. The van der Waals surface area contributed by atoms with Crippen LogP contribution in [0, 0.1) is 13.8 Å². The summed E-state index contributed by atoms with van der Waals surface area (Å²) < 4.78 is 39.5. The van der Waals surface area contributed by atoms with Crippen LogP contribution in [0.4, 0.5) is 13.2 Å². The zero-order valence-electron chi connectivity index (χ0n) is 9.59. The molecule has 2 rings (SSSR count). The molecule has 2 aromatic heterocycles. The molecule has 0 spiro atoms. The molecule has 0 atom stereocenters. The van der Waals surface area contributed by atoms with Gasteiger partial charge in [0.05, 0.1) is 21.4 Å². The van der Waals surface area contributed by atoms with Gasteiger partial charge in [-0.1, -0.05) is 0 Å². The Morgan fingerprint density at radius 2 is 1.89 bits per heavy atom. The molecule has 0 unspecified atom stereocenters. The summed E-state index contributed by atoms with van der Waals surface area (Å²) in [7, 11) is 0. The molecule has 7 heteroatoms. The molecule has 0 aliphatic heterocycles. The number of aryl methyl sites for hydroxylation is 1. The largest absolute Gasteiger partial charge is 0.417 e. The van der Waals surface area contributed by atoms with Crippen molar-refractivity contribution in [3.05, 3.63) is 39.8 Å². The summed E-state index contributed by atoms with van der Waals surface area (Å²) in [4.78, 5) is 3.79. The first-order valence-electron chi connectivity index (χ1n) is 5.06. The van der Waals surface area contributed by atoms with Crippen LogP contribution in [-0.2, 0) is 6.18 Å². The third-order valence-corrected chi connectivity index (χ3v) is 3.64. The quantitative estimate of drug-likeness (QED) is 0.803. The van der Waals surface area contributed by atoms with Gasteiger partial charge in [-0.15, -0.1) is 0 Å². The topological polar surface area (TPSA) is 30.7 Å². The summed E-state index contributed by atoms with van der Waals surface area (Å²) in [6.45, 7) is 3.61. The molecule has 3 nitrogen and oxygen atoms in total. The van der Waals surface area contributed by atoms with Crippen molar-refractivity contribution in [1.29, 1.82) is 0 Å². The Kier molecular flexibility index (Phi) is 3.18. The van der Waals surface area contributed by atoms with Crippen molar-refractivity contribution in [3.8, 4) is 5.82 Å². The Balaban J connectivity index is 2.44. The molecule has 0 aliphatic rings. The summed E-state index contributed by atoms with van der Waals surface area (Å²) in [5.41, 5.74) is 0.779. The number of alkyl halides is 3. The zero-order valence-corrected chi connectivity index (χ0v) is 11.2. The summed E-state index contributed by atoms with van der Waals surface area (Å²) in [5.74, 6) is 0.356. The number of halogens is 4. The minimum atomic E-state index is -4.37. The average Bonchev–Trinajstić information content (AvgIpc) is 2.56. The van der Waals surface area contributed by atoms with Crippen LogP contribution < -0.4 is 0 Å². The normalized spacial score (nSPS) is 11.9. The Labute approximate surface area is 110 Å². The van der Waals surface area contributed by atoms with Crippen LogP contribution in [0.15, 0.2) is 22.8 Å². The summed E-state index contributed by atoms with van der Waals surface area (Å²) in [5, 5.41) is 4.20. The van der Waals surface area contributed by atoms with Gasteiger partial charge in [0.15, 0.2) is 5.82 Å². The fourth-order valence-electron chi connectivity index (χ4n) is 1.53. The first-order valence-corrected chi connectivity index (χ1v) is 5.85. The number of pyridine rings is 1. The molecule has 18 heavy (non-hydrogen) atoms. The monoisotopic (exact) mass is 319 g/mol. The Bertz CT molecular complexity index is 572. The van der Waals surface area contributed by atoms with Crippen molar-refractivity contribution < 1.29 is 13.2 Å². The minimum Gasteiger partial charge on any atom is -0.236 e. The van der Waals surface area contributed by atoms with Crippen LogP contribution in [0.25, 0.3) is 5.82 Å². The molecule has 0 radical (unpaired) electrons. The van der Waals surface area contributed by atoms with Crippen molar-refractivity contribution >= 4 is 15.9 Å². The molecule has 96 valence electrons. The highest BCUT2D eigenvalue weighted by molar-refractivity contribution is 9.10. The maximum atomic E-state index is 12.4. The lowest BCUT2D eigenvalue weighted by Gasteiger charge is -2.07. The van der Waals surface area contributed by atoms with E-state index in [0.29, 0.717) is 5.82 Å². The Hall–Kier alpha value is -1.37. The van der Waals surface area contributed by atoms with Crippen LogP contribution in [0.1, 0.15) is 17.0 Å². The maximum absolute atomic E-state index is 12.4. The van der Waals surface area contributed by atoms with Gasteiger partial charge in [0.2, 0.25) is 0 Å². The van der Waals surface area contributed by atoms with E-state index in [1.54, 1.807) is 6.92 Å². The van der Waals surface area contributed by atoms with Gasteiger partial charge in [0.1, 0.15) is 0 Å². The van der Waals surface area contributed by atoms with Crippen LogP contribution >= 0.6 is 15.9 Å². The number of nitrogens with zero attached hydrogens (tertiary/aromatic N) is 3. The van der Waals surface area contributed by atoms with Gasteiger partial charge in [0.25, 0.3) is 0 Å². The second-order valence-electron chi connectivity index (χ2n) is 3.80. The summed E-state index contributed by atoms with van der Waals surface area (Å²) in [6.07, 6.45) is -3.57. The predicted octanol–water partition coefficient (Wildman–Crippen LogP) is 3.67. The highest BCUT2D eigenvalue weighted by atomic mass is 79.9. The van der Waals surface area contributed by atoms with E-state index in [1.807, 2.05) is 6.92 Å². The van der Waals surface area contributed by atoms with Gasteiger partial charge in [-0.2, -0.15) is 18.3 Å². The first-order chi connectivity index (χ1) is 8.30. The first kappa shape index (κ1) is 13.1. The van der Waals surface area contributed by atoms with E-state index in [1.165, 1.54) is 10.7 Å². The summed E-state index contributed by atoms with van der Waals surface area (Å²) in [6, 6.07) is 2.29. The lowest BCUT2D eigenvalue weighted by molar-refractivity contribution is -0.137. The lowest BCUT2D eigenvalue weighted by Crippen LogP contribution is -2.07. The van der Waals surface area contributed by atoms with Crippen LogP contribution in [-0.4, -0.2) is 14.8 Å². The average molecular weight is 320 g/mol. The number of hydrogen-bond acceptors (Lipinski definition) is 2. The van der Waals surface area contributed by atoms with Crippen molar-refractivity contribution in [1.82, 2.24) is 14.8 Å². The molecule has 2 heterocycles. The number of rotatable bonds is 1. The third kappa shape index (κ3) is 2.27. The molecule has 2 aromatic rings. The van der Waals surface area contributed by atoms with E-state index >= 15 is 0 Å². The van der Waals surface area contributed by atoms with Gasteiger partial charge in [-0.05, 0) is 41.9 Å². The molecule has 0 saturated heterocycles. The minimum absolute atomic E-state index is 0.356. The molecule has 0 bridgehead atoms. The summed E-state index contributed by atoms with van der Waals surface area (Å²) >= 11 is 3.35. The SMILES string of the molecule is Cc1nn(-c2ccc(C(F)(F)F)cn2)c(C)c1Br. The van der Waals surface area contributed by atoms with Gasteiger partial charge >= 0.3 is 6.18 Å². The van der Waals surface area contributed by atoms with E-state index in [2.05, 4.69) is 26.0 Å². The Morgan fingerprint density at radius 1 is 1.22 bits per heavy atom. The van der Waals surface area contributed by atoms with E-state index in [9.17, 15) is 13.2 Å². The number of aromatic nitrogens is 3. The van der Waals surface area contributed by atoms with E-state index < -0.39 is 11.7 Å². The van der Waals surface area contributed by atoms with Gasteiger partial charge < -0.3 is 0 Å². The standard InChI is InChI=1S/C11H9BrF3N3/c1-6-10(12)7(2)18(17-6)9-4-3-8(5-16-9)11(13,14)15/h3-5H,1-2H3. The molecule has 0 aromatic carbocycles. The molecule has 0 aliphatic carbocycles. The zero-order chi connectivity index (χ0) is 13.5. The second-order valence-corrected chi connectivity index (χ2v) is 4.59. The maximum Gasteiger partial charge on any atom is 0.417 e. The predicted molar refractivity (Wildman–Crippen MR) is 63.5 cm³/mol. The fraction of sp³-hybridized carbons (Fsp3) is 0.273. The van der Waals surface area contributed by atoms with Crippen molar-refractivity contribution in [2.45, 2.75) is 20.0 Å². The van der Waals surface area contributed by atoms with Crippen LogP contribution in [0.2, 0.25) is 0 Å². The number of hydrogen-bond donors (Lipinski definition) is 0. The highest BCUT2D eigenvalue weighted by Crippen LogP contribution is 2.29. The lowest BCUT2D eigenvalue weighted by atomic mass is 10.3. The van der Waals surface area contributed by atoms with E-state index in [0.717, 1.165) is 28.1 Å². The van der Waals surface area contributed by atoms with E-state index in [-0.39, 0.29) is 0 Å². The molecule has 0 fully saturated rings. The van der Waals surface area contributed by atoms with Gasteiger partial charge in [-0.25, -0.2) is 9.67 Å². The molecule has 0 saturated carbocycles.